The summed E-state index contributed by atoms with van der Waals surface area (Å²) in [5.74, 6) is -0.643. The third-order valence-corrected chi connectivity index (χ3v) is 4.41. The van der Waals surface area contributed by atoms with Crippen LogP contribution in [0.15, 0.2) is 17.4 Å². The van der Waals surface area contributed by atoms with Gasteiger partial charge < -0.3 is 9.84 Å². The number of hydrogen-bond acceptors (Lipinski definition) is 5. The van der Waals surface area contributed by atoms with Crippen molar-refractivity contribution >= 4 is 17.7 Å². The van der Waals surface area contributed by atoms with Crippen molar-refractivity contribution in [3.05, 3.63) is 18.1 Å². The van der Waals surface area contributed by atoms with Crippen LogP contribution in [0.4, 0.5) is 0 Å². The molecule has 1 saturated heterocycles. The maximum absolute atomic E-state index is 11.6. The van der Waals surface area contributed by atoms with Crippen molar-refractivity contribution in [1.82, 2.24) is 9.97 Å². The molecule has 2 aliphatic rings. The highest BCUT2D eigenvalue weighted by Gasteiger charge is 2.74. The molecule has 1 aromatic heterocycles. The number of hydrogen-bond donors (Lipinski definition) is 1. The van der Waals surface area contributed by atoms with Crippen LogP contribution in [0.3, 0.4) is 0 Å². The zero-order valence-corrected chi connectivity index (χ0v) is 10.1. The van der Waals surface area contributed by atoms with Gasteiger partial charge in [-0.2, -0.15) is 0 Å². The van der Waals surface area contributed by atoms with Gasteiger partial charge in [-0.25, -0.2) is 9.97 Å². The van der Waals surface area contributed by atoms with Gasteiger partial charge in [-0.3, -0.25) is 4.79 Å². The van der Waals surface area contributed by atoms with Gasteiger partial charge >= 0.3 is 5.97 Å². The van der Waals surface area contributed by atoms with Gasteiger partial charge in [0.05, 0.1) is 23.9 Å². The molecular formula is C11H12N2O3S. The molecule has 3 rings (SSSR count). The van der Waals surface area contributed by atoms with Crippen molar-refractivity contribution in [3.63, 3.8) is 0 Å². The van der Waals surface area contributed by atoms with Crippen LogP contribution >= 0.6 is 11.8 Å². The number of nitrogens with zero attached hydrogens (tertiary/aromatic N) is 2. The zero-order chi connectivity index (χ0) is 12.0. The average molecular weight is 252 g/mol. The second-order valence-electron chi connectivity index (χ2n) is 4.37. The number of carbonyl (C=O) groups is 1. The maximum Gasteiger partial charge on any atom is 0.316 e. The van der Waals surface area contributed by atoms with E-state index in [9.17, 15) is 9.90 Å². The second kappa shape index (κ2) is 3.68. The first-order chi connectivity index (χ1) is 8.21. The number of rotatable bonds is 3. The van der Waals surface area contributed by atoms with Gasteiger partial charge in [0.15, 0.2) is 0 Å². The molecule has 1 N–H and O–H groups in total. The van der Waals surface area contributed by atoms with Crippen molar-refractivity contribution in [2.24, 2.45) is 11.8 Å². The first kappa shape index (κ1) is 11.0. The van der Waals surface area contributed by atoms with Gasteiger partial charge in [-0.05, 0) is 12.3 Å². The minimum Gasteiger partial charge on any atom is -0.481 e. The van der Waals surface area contributed by atoms with Crippen LogP contribution < -0.4 is 0 Å². The summed E-state index contributed by atoms with van der Waals surface area (Å²) in [7, 11) is 0. The molecule has 6 heteroatoms. The lowest BCUT2D eigenvalue weighted by atomic mass is 9.96. The number of carboxylic acid groups (broad SMARTS) is 1. The summed E-state index contributed by atoms with van der Waals surface area (Å²) in [5.41, 5.74) is -0.200. The Labute approximate surface area is 103 Å². The molecule has 1 saturated carbocycles. The fraction of sp³-hybridized carbons (Fsp3) is 0.545. The van der Waals surface area contributed by atoms with Gasteiger partial charge in [-0.1, -0.05) is 0 Å². The van der Waals surface area contributed by atoms with Crippen molar-refractivity contribution in [2.75, 3.05) is 19.5 Å². The van der Waals surface area contributed by atoms with E-state index >= 15 is 0 Å². The predicted molar refractivity (Wildman–Crippen MR) is 60.9 cm³/mol. The molecule has 0 spiro atoms. The Morgan fingerprint density at radius 3 is 2.82 bits per heavy atom. The van der Waals surface area contributed by atoms with E-state index in [1.165, 1.54) is 18.1 Å². The molecule has 0 radical (unpaired) electrons. The van der Waals surface area contributed by atoms with Gasteiger partial charge in [-0.15, -0.1) is 11.8 Å². The second-order valence-corrected chi connectivity index (χ2v) is 5.20. The summed E-state index contributed by atoms with van der Waals surface area (Å²) in [6.07, 6.45) is 3.36. The Balaban J connectivity index is 2.03. The predicted octanol–water partition coefficient (Wildman–Crippen LogP) is 0.797. The summed E-state index contributed by atoms with van der Waals surface area (Å²) < 4.78 is 5.28. The molecule has 5 nitrogen and oxygen atoms in total. The minimum absolute atomic E-state index is 0.0737. The van der Waals surface area contributed by atoms with Crippen molar-refractivity contribution in [2.45, 2.75) is 10.4 Å². The maximum atomic E-state index is 11.6. The lowest BCUT2D eigenvalue weighted by Gasteiger charge is -2.15. The van der Waals surface area contributed by atoms with Crippen LogP contribution in [0.25, 0.3) is 0 Å². The quantitative estimate of drug-likeness (QED) is 0.633. The monoisotopic (exact) mass is 252 g/mol. The van der Waals surface area contributed by atoms with E-state index in [1.807, 2.05) is 6.26 Å². The average Bonchev–Trinajstić information content (AvgIpc) is 2.73. The van der Waals surface area contributed by atoms with Crippen LogP contribution in [-0.2, 0) is 14.9 Å². The number of aliphatic carboxylic acids is 1. The number of carboxylic acids is 1. The molecule has 0 aromatic carbocycles. The third-order valence-electron chi connectivity index (χ3n) is 3.77. The zero-order valence-electron chi connectivity index (χ0n) is 9.29. The topological polar surface area (TPSA) is 72.3 Å². The molecule has 1 aromatic rings. The molecule has 1 unspecified atom stereocenters. The Morgan fingerprint density at radius 2 is 2.24 bits per heavy atom. The molecule has 1 aliphatic heterocycles. The number of fused-ring (bicyclic) bond motifs is 1. The Bertz CT molecular complexity index is 470. The van der Waals surface area contributed by atoms with E-state index in [0.717, 1.165) is 5.03 Å². The SMILES string of the molecule is CSc1cc(C2(C(=O)O)[C@@H]3COC[C@@H]32)ncn1. The van der Waals surface area contributed by atoms with E-state index in [2.05, 4.69) is 9.97 Å². The highest BCUT2D eigenvalue weighted by molar-refractivity contribution is 7.98. The normalized spacial score (nSPS) is 34.4. The lowest BCUT2D eigenvalue weighted by molar-refractivity contribution is -0.142. The number of aromatic nitrogens is 2. The summed E-state index contributed by atoms with van der Waals surface area (Å²) in [6, 6.07) is 1.79. The van der Waals surface area contributed by atoms with Crippen molar-refractivity contribution in [1.29, 1.82) is 0 Å². The largest absolute Gasteiger partial charge is 0.481 e. The molecule has 3 atom stereocenters. The number of ether oxygens (including phenoxy) is 1. The molecule has 17 heavy (non-hydrogen) atoms. The summed E-state index contributed by atoms with van der Waals surface area (Å²) in [5, 5.41) is 10.3. The van der Waals surface area contributed by atoms with E-state index < -0.39 is 11.4 Å². The summed E-state index contributed by atoms with van der Waals surface area (Å²) in [4.78, 5) is 19.8. The highest BCUT2D eigenvalue weighted by Crippen LogP contribution is 2.62. The van der Waals surface area contributed by atoms with Crippen molar-refractivity contribution in [3.8, 4) is 0 Å². The van der Waals surface area contributed by atoms with Crippen LogP contribution in [-0.4, -0.2) is 40.5 Å². The van der Waals surface area contributed by atoms with Crippen LogP contribution in [0.5, 0.6) is 0 Å². The molecular weight excluding hydrogens is 240 g/mol. The minimum atomic E-state index is -0.828. The smallest absolute Gasteiger partial charge is 0.316 e. The van der Waals surface area contributed by atoms with E-state index in [0.29, 0.717) is 18.9 Å². The highest BCUT2D eigenvalue weighted by atomic mass is 32.2. The fourth-order valence-electron chi connectivity index (χ4n) is 2.84. The van der Waals surface area contributed by atoms with Gasteiger partial charge in [0, 0.05) is 11.8 Å². The van der Waals surface area contributed by atoms with Gasteiger partial charge in [0.1, 0.15) is 11.7 Å². The van der Waals surface area contributed by atoms with E-state index in [4.69, 9.17) is 4.74 Å². The molecule has 0 bridgehead atoms. The molecule has 90 valence electrons. The first-order valence-corrected chi connectivity index (χ1v) is 6.61. The van der Waals surface area contributed by atoms with Crippen molar-refractivity contribution < 1.29 is 14.6 Å². The molecule has 0 amide bonds. The summed E-state index contributed by atoms with van der Waals surface area (Å²) >= 11 is 1.49. The third kappa shape index (κ3) is 1.34. The summed E-state index contributed by atoms with van der Waals surface area (Å²) in [6.45, 7) is 1.05. The van der Waals surface area contributed by atoms with Gasteiger partial charge in [0.25, 0.3) is 0 Å². The fourth-order valence-corrected chi connectivity index (χ4v) is 3.22. The first-order valence-electron chi connectivity index (χ1n) is 5.39. The van der Waals surface area contributed by atoms with E-state index in [-0.39, 0.29) is 11.8 Å². The van der Waals surface area contributed by atoms with E-state index in [1.54, 1.807) is 6.07 Å². The lowest BCUT2D eigenvalue weighted by Crippen LogP contribution is -2.29. The number of thioether (sulfide) groups is 1. The van der Waals surface area contributed by atoms with Crippen LogP contribution in [0.1, 0.15) is 5.69 Å². The molecule has 2 heterocycles. The Morgan fingerprint density at radius 1 is 1.53 bits per heavy atom. The Hall–Kier alpha value is -1.14. The van der Waals surface area contributed by atoms with Crippen LogP contribution in [0, 0.1) is 11.8 Å². The van der Waals surface area contributed by atoms with Crippen LogP contribution in [0.2, 0.25) is 0 Å². The van der Waals surface area contributed by atoms with Gasteiger partial charge in [0.2, 0.25) is 0 Å². The standard InChI is InChI=1S/C11H12N2O3S/c1-17-9-2-8(12-5-13-9)11(10(14)15)6-3-16-4-7(6)11/h2,5-7H,3-4H2,1H3,(H,14,15)/t6-,7+,11?. The molecule has 2 fully saturated rings. The molecule has 1 aliphatic carbocycles. The Kier molecular flexibility index (Phi) is 2.38.